The molecule has 0 saturated heterocycles. The molecule has 0 aliphatic carbocycles. The van der Waals surface area contributed by atoms with Gasteiger partial charge in [-0.25, -0.2) is 9.67 Å². The van der Waals surface area contributed by atoms with E-state index in [9.17, 15) is 4.79 Å². The molecule has 0 unspecified atom stereocenters. The molecule has 8 heteroatoms. The highest BCUT2D eigenvalue weighted by atomic mass is 35.5. The Balaban J connectivity index is 1.72. The Labute approximate surface area is 183 Å². The van der Waals surface area contributed by atoms with E-state index < -0.39 is 5.91 Å². The predicted molar refractivity (Wildman–Crippen MR) is 118 cm³/mol. The second kappa shape index (κ2) is 8.57. The van der Waals surface area contributed by atoms with Crippen LogP contribution in [0.4, 0.5) is 5.69 Å². The van der Waals surface area contributed by atoms with Crippen molar-refractivity contribution < 1.29 is 9.53 Å². The van der Waals surface area contributed by atoms with Gasteiger partial charge in [0.05, 0.1) is 22.8 Å². The molecule has 30 heavy (non-hydrogen) atoms. The number of carbonyl (C=O) groups is 1. The van der Waals surface area contributed by atoms with Crippen molar-refractivity contribution in [1.82, 2.24) is 14.8 Å². The van der Waals surface area contributed by atoms with Crippen molar-refractivity contribution in [2.24, 2.45) is 0 Å². The van der Waals surface area contributed by atoms with Crippen molar-refractivity contribution in [1.29, 1.82) is 0 Å². The Morgan fingerprint density at radius 2 is 1.70 bits per heavy atom. The van der Waals surface area contributed by atoms with Crippen LogP contribution in [0.2, 0.25) is 10.0 Å². The van der Waals surface area contributed by atoms with Gasteiger partial charge in [0.1, 0.15) is 5.75 Å². The molecule has 0 bridgehead atoms. The number of halogens is 2. The Kier molecular flexibility index (Phi) is 5.70. The maximum absolute atomic E-state index is 12.8. The largest absolute Gasteiger partial charge is 0.497 e. The zero-order chi connectivity index (χ0) is 21.1. The van der Waals surface area contributed by atoms with Gasteiger partial charge in [-0.05, 0) is 42.5 Å². The van der Waals surface area contributed by atoms with Crippen molar-refractivity contribution in [3.63, 3.8) is 0 Å². The average molecular weight is 439 g/mol. The molecule has 3 aromatic carbocycles. The van der Waals surface area contributed by atoms with E-state index in [-0.39, 0.29) is 5.82 Å². The zero-order valence-electron chi connectivity index (χ0n) is 15.8. The first-order valence-corrected chi connectivity index (χ1v) is 9.74. The number of amides is 1. The third-order valence-electron chi connectivity index (χ3n) is 4.34. The summed E-state index contributed by atoms with van der Waals surface area (Å²) in [6, 6.07) is 21.7. The van der Waals surface area contributed by atoms with Crippen LogP contribution in [-0.2, 0) is 0 Å². The topological polar surface area (TPSA) is 69.0 Å². The van der Waals surface area contributed by atoms with Crippen LogP contribution in [-0.4, -0.2) is 27.8 Å². The number of anilines is 1. The number of aromatic nitrogens is 3. The highest BCUT2D eigenvalue weighted by Crippen LogP contribution is 2.26. The van der Waals surface area contributed by atoms with Crippen LogP contribution >= 0.6 is 23.2 Å². The van der Waals surface area contributed by atoms with E-state index in [4.69, 9.17) is 27.9 Å². The van der Waals surface area contributed by atoms with Crippen molar-refractivity contribution in [3.8, 4) is 22.8 Å². The van der Waals surface area contributed by atoms with Gasteiger partial charge >= 0.3 is 0 Å². The smallest absolute Gasteiger partial charge is 0.295 e. The molecule has 0 aliphatic rings. The maximum Gasteiger partial charge on any atom is 0.295 e. The first kappa shape index (κ1) is 19.9. The molecule has 0 fully saturated rings. The van der Waals surface area contributed by atoms with Crippen molar-refractivity contribution in [3.05, 3.63) is 88.7 Å². The first-order valence-electron chi connectivity index (χ1n) is 8.98. The summed E-state index contributed by atoms with van der Waals surface area (Å²) in [5, 5.41) is 7.94. The lowest BCUT2D eigenvalue weighted by molar-refractivity contribution is 0.101. The molecule has 4 aromatic rings. The highest BCUT2D eigenvalue weighted by Gasteiger charge is 2.19. The van der Waals surface area contributed by atoms with Crippen LogP contribution in [0.25, 0.3) is 17.1 Å². The Morgan fingerprint density at radius 3 is 2.37 bits per heavy atom. The minimum absolute atomic E-state index is 0.0238. The second-order valence-corrected chi connectivity index (χ2v) is 7.13. The molecule has 0 aliphatic heterocycles. The van der Waals surface area contributed by atoms with Crippen LogP contribution in [0.3, 0.4) is 0 Å². The van der Waals surface area contributed by atoms with Gasteiger partial charge in [-0.1, -0.05) is 53.5 Å². The molecular formula is C22H16Cl2N4O2. The van der Waals surface area contributed by atoms with Crippen LogP contribution in [0.5, 0.6) is 5.75 Å². The number of nitrogens with one attached hydrogen (secondary N) is 1. The van der Waals surface area contributed by atoms with E-state index in [0.717, 1.165) is 17.0 Å². The van der Waals surface area contributed by atoms with Gasteiger partial charge in [0.2, 0.25) is 5.82 Å². The molecule has 150 valence electrons. The average Bonchev–Trinajstić information content (AvgIpc) is 3.23. The fourth-order valence-electron chi connectivity index (χ4n) is 2.85. The number of ether oxygens (including phenoxy) is 1. The van der Waals surface area contributed by atoms with E-state index in [1.54, 1.807) is 30.0 Å². The van der Waals surface area contributed by atoms with E-state index >= 15 is 0 Å². The normalized spacial score (nSPS) is 10.6. The highest BCUT2D eigenvalue weighted by molar-refractivity contribution is 6.42. The summed E-state index contributed by atoms with van der Waals surface area (Å²) in [7, 11) is 1.60. The fraction of sp³-hybridized carbons (Fsp3) is 0.0455. The lowest BCUT2D eigenvalue weighted by Gasteiger charge is -2.07. The molecule has 1 N–H and O–H groups in total. The molecule has 0 saturated carbocycles. The number of rotatable bonds is 5. The summed E-state index contributed by atoms with van der Waals surface area (Å²) >= 11 is 12.0. The molecule has 1 heterocycles. The van der Waals surface area contributed by atoms with E-state index in [0.29, 0.717) is 21.6 Å². The molecule has 6 nitrogen and oxygen atoms in total. The van der Waals surface area contributed by atoms with Crippen LogP contribution < -0.4 is 10.1 Å². The van der Waals surface area contributed by atoms with Crippen LogP contribution in [0.15, 0.2) is 72.8 Å². The third kappa shape index (κ3) is 4.15. The molecule has 4 rings (SSSR count). The minimum Gasteiger partial charge on any atom is -0.497 e. The number of carbonyl (C=O) groups excluding carboxylic acids is 1. The van der Waals surface area contributed by atoms with Gasteiger partial charge in [-0.3, -0.25) is 4.79 Å². The van der Waals surface area contributed by atoms with E-state index in [1.165, 1.54) is 0 Å². The van der Waals surface area contributed by atoms with E-state index in [1.807, 2.05) is 54.6 Å². The van der Waals surface area contributed by atoms with Gasteiger partial charge in [-0.15, -0.1) is 5.10 Å². The standard InChI is InChI=1S/C22H16Cl2N4O2/c1-30-17-10-8-16(9-11-17)28-21(14-5-3-2-4-6-14)26-20(27-28)22(29)25-15-7-12-18(23)19(24)13-15/h2-13H,1H3,(H,25,29). The van der Waals surface area contributed by atoms with Gasteiger partial charge < -0.3 is 10.1 Å². The monoisotopic (exact) mass is 438 g/mol. The summed E-state index contributed by atoms with van der Waals surface area (Å²) < 4.78 is 6.84. The number of methoxy groups -OCH3 is 1. The van der Waals surface area contributed by atoms with E-state index in [2.05, 4.69) is 15.4 Å². The summed E-state index contributed by atoms with van der Waals surface area (Å²) in [5.74, 6) is 0.825. The van der Waals surface area contributed by atoms with Crippen molar-refractivity contribution >= 4 is 34.8 Å². The lowest BCUT2D eigenvalue weighted by Crippen LogP contribution is -2.14. The van der Waals surface area contributed by atoms with Crippen molar-refractivity contribution in [2.45, 2.75) is 0 Å². The number of nitrogens with zero attached hydrogens (tertiary/aromatic N) is 3. The second-order valence-electron chi connectivity index (χ2n) is 6.32. The maximum atomic E-state index is 12.8. The first-order chi connectivity index (χ1) is 14.5. The van der Waals surface area contributed by atoms with Gasteiger partial charge in [0.25, 0.3) is 5.91 Å². The summed E-state index contributed by atoms with van der Waals surface area (Å²) in [4.78, 5) is 17.3. The Bertz CT molecular complexity index is 1190. The molecule has 1 amide bonds. The Morgan fingerprint density at radius 1 is 0.967 bits per heavy atom. The lowest BCUT2D eigenvalue weighted by atomic mass is 10.2. The summed E-state index contributed by atoms with van der Waals surface area (Å²) in [6.45, 7) is 0. The molecule has 0 radical (unpaired) electrons. The minimum atomic E-state index is -0.460. The van der Waals surface area contributed by atoms with Crippen LogP contribution in [0, 0.1) is 0 Å². The van der Waals surface area contributed by atoms with Gasteiger partial charge in [0, 0.05) is 11.3 Å². The molecule has 0 spiro atoms. The van der Waals surface area contributed by atoms with Gasteiger partial charge in [-0.2, -0.15) is 0 Å². The quantitative estimate of drug-likeness (QED) is 0.446. The Hall–Kier alpha value is -3.35. The SMILES string of the molecule is COc1ccc(-n2nc(C(=O)Nc3ccc(Cl)c(Cl)c3)nc2-c2ccccc2)cc1. The summed E-state index contributed by atoms with van der Waals surface area (Å²) in [6.07, 6.45) is 0. The zero-order valence-corrected chi connectivity index (χ0v) is 17.4. The molecular weight excluding hydrogens is 423 g/mol. The number of benzene rings is 3. The molecule has 1 aromatic heterocycles. The van der Waals surface area contributed by atoms with Gasteiger partial charge in [0.15, 0.2) is 5.82 Å². The predicted octanol–water partition coefficient (Wildman–Crippen LogP) is 5.50. The summed E-state index contributed by atoms with van der Waals surface area (Å²) in [5.41, 5.74) is 2.07. The third-order valence-corrected chi connectivity index (χ3v) is 5.08. The number of hydrogen-bond acceptors (Lipinski definition) is 4. The fourth-order valence-corrected chi connectivity index (χ4v) is 3.14. The van der Waals surface area contributed by atoms with Crippen molar-refractivity contribution in [2.75, 3.05) is 12.4 Å². The number of hydrogen-bond donors (Lipinski definition) is 1. The van der Waals surface area contributed by atoms with Crippen LogP contribution in [0.1, 0.15) is 10.6 Å². The molecule has 0 atom stereocenters.